The van der Waals surface area contributed by atoms with Crippen LogP contribution in [0.2, 0.25) is 0 Å². The highest BCUT2D eigenvalue weighted by Crippen LogP contribution is 2.34. The van der Waals surface area contributed by atoms with Gasteiger partial charge in [0.15, 0.2) is 0 Å². The number of benzene rings is 1. The number of hydrogen-bond acceptors (Lipinski definition) is 4. The number of amides is 1. The second-order valence-corrected chi connectivity index (χ2v) is 7.11. The molecule has 0 atom stereocenters. The molecule has 21 heavy (non-hydrogen) atoms. The average Bonchev–Trinajstić information content (AvgIpc) is 3.00. The molecule has 0 aliphatic rings. The zero-order valence-corrected chi connectivity index (χ0v) is 13.5. The van der Waals surface area contributed by atoms with Crippen LogP contribution in [0.3, 0.4) is 0 Å². The normalized spacial score (nSPS) is 11.0. The largest absolute Gasteiger partial charge is 0.397 e. The molecule has 0 fully saturated rings. The summed E-state index contributed by atoms with van der Waals surface area (Å²) in [5.41, 5.74) is 9.08. The summed E-state index contributed by atoms with van der Waals surface area (Å²) in [5, 5.41) is 5.96. The lowest BCUT2D eigenvalue weighted by Gasteiger charge is -2.03. The lowest BCUT2D eigenvalue weighted by Crippen LogP contribution is -2.22. The number of anilines is 1. The van der Waals surface area contributed by atoms with Crippen LogP contribution in [0.5, 0.6) is 0 Å². The molecule has 0 spiro atoms. The van der Waals surface area contributed by atoms with Crippen LogP contribution in [0.4, 0.5) is 5.69 Å². The Bertz CT molecular complexity index is 817. The van der Waals surface area contributed by atoms with Crippen molar-refractivity contribution < 1.29 is 4.79 Å². The van der Waals surface area contributed by atoms with Crippen LogP contribution >= 0.6 is 22.7 Å². The van der Waals surface area contributed by atoms with Gasteiger partial charge < -0.3 is 11.1 Å². The average molecular weight is 316 g/mol. The maximum atomic E-state index is 12.4. The Kier molecular flexibility index (Phi) is 3.69. The third kappa shape index (κ3) is 2.66. The van der Waals surface area contributed by atoms with Crippen molar-refractivity contribution in [2.24, 2.45) is 0 Å². The fourth-order valence-electron chi connectivity index (χ4n) is 2.22. The molecular weight excluding hydrogens is 300 g/mol. The molecule has 108 valence electrons. The number of thiophene rings is 2. The number of nitrogens with one attached hydrogen (secondary N) is 1. The molecule has 0 saturated carbocycles. The van der Waals surface area contributed by atoms with Crippen molar-refractivity contribution in [1.29, 1.82) is 0 Å². The van der Waals surface area contributed by atoms with Crippen molar-refractivity contribution in [3.05, 3.63) is 50.5 Å². The van der Waals surface area contributed by atoms with Gasteiger partial charge in [-0.25, -0.2) is 0 Å². The van der Waals surface area contributed by atoms with Gasteiger partial charge in [-0.3, -0.25) is 4.79 Å². The molecule has 3 N–H and O–H groups in total. The summed E-state index contributed by atoms with van der Waals surface area (Å²) in [7, 11) is 0. The van der Waals surface area contributed by atoms with E-state index < -0.39 is 0 Å². The molecule has 0 bridgehead atoms. The Hall–Kier alpha value is -1.85. The molecule has 2 heterocycles. The number of nitrogens with two attached hydrogens (primary N) is 1. The summed E-state index contributed by atoms with van der Waals surface area (Å²) in [6, 6.07) is 8.12. The number of hydrogen-bond donors (Lipinski definition) is 2. The van der Waals surface area contributed by atoms with Crippen molar-refractivity contribution in [2.45, 2.75) is 20.4 Å². The van der Waals surface area contributed by atoms with Gasteiger partial charge in [-0.2, -0.15) is 0 Å². The van der Waals surface area contributed by atoms with Gasteiger partial charge in [0, 0.05) is 15.0 Å². The van der Waals surface area contributed by atoms with E-state index in [1.165, 1.54) is 27.3 Å². The highest BCUT2D eigenvalue weighted by molar-refractivity contribution is 7.21. The van der Waals surface area contributed by atoms with Crippen molar-refractivity contribution >= 4 is 44.4 Å². The fourth-order valence-corrected chi connectivity index (χ4v) is 4.20. The van der Waals surface area contributed by atoms with E-state index in [4.69, 9.17) is 5.73 Å². The predicted molar refractivity (Wildman–Crippen MR) is 91.2 cm³/mol. The van der Waals surface area contributed by atoms with Gasteiger partial charge >= 0.3 is 0 Å². The quantitative estimate of drug-likeness (QED) is 0.764. The highest BCUT2D eigenvalue weighted by Gasteiger charge is 2.16. The van der Waals surface area contributed by atoms with Gasteiger partial charge in [0.25, 0.3) is 5.91 Å². The van der Waals surface area contributed by atoms with Gasteiger partial charge in [-0.1, -0.05) is 12.1 Å². The number of rotatable bonds is 3. The van der Waals surface area contributed by atoms with Crippen LogP contribution in [0.1, 0.15) is 25.7 Å². The minimum atomic E-state index is -0.0980. The van der Waals surface area contributed by atoms with E-state index >= 15 is 0 Å². The molecule has 3 rings (SSSR count). The van der Waals surface area contributed by atoms with Crippen molar-refractivity contribution in [3.8, 4) is 0 Å². The molecule has 0 saturated heterocycles. The van der Waals surface area contributed by atoms with Crippen LogP contribution in [0.15, 0.2) is 29.6 Å². The van der Waals surface area contributed by atoms with E-state index in [0.717, 1.165) is 10.1 Å². The first-order chi connectivity index (χ1) is 10.1. The maximum Gasteiger partial charge on any atom is 0.263 e. The van der Waals surface area contributed by atoms with Gasteiger partial charge in [-0.15, -0.1) is 22.7 Å². The van der Waals surface area contributed by atoms with Crippen molar-refractivity contribution in [3.63, 3.8) is 0 Å². The minimum Gasteiger partial charge on any atom is -0.397 e. The molecule has 2 aromatic heterocycles. The molecule has 1 amide bonds. The molecule has 1 aromatic carbocycles. The molecule has 0 radical (unpaired) electrons. The van der Waals surface area contributed by atoms with E-state index in [2.05, 4.69) is 24.4 Å². The van der Waals surface area contributed by atoms with Crippen molar-refractivity contribution in [1.82, 2.24) is 5.32 Å². The summed E-state index contributed by atoms with van der Waals surface area (Å²) in [6.45, 7) is 4.64. The monoisotopic (exact) mass is 316 g/mol. The third-order valence-corrected chi connectivity index (χ3v) is 5.66. The topological polar surface area (TPSA) is 55.1 Å². The molecular formula is C16H16N2OS2. The molecule has 3 aromatic rings. The summed E-state index contributed by atoms with van der Waals surface area (Å²) in [4.78, 5) is 14.1. The number of nitrogen functional groups attached to an aromatic ring is 1. The molecule has 3 nitrogen and oxygen atoms in total. The smallest absolute Gasteiger partial charge is 0.263 e. The van der Waals surface area contributed by atoms with E-state index in [1.807, 2.05) is 24.4 Å². The zero-order chi connectivity index (χ0) is 15.0. The van der Waals surface area contributed by atoms with Crippen LogP contribution in [-0.4, -0.2) is 5.91 Å². The number of fused-ring (bicyclic) bond motifs is 1. The standard InChI is InChI=1S/C16H16N2OS2/c1-9-3-4-11-12(7-9)21-15(14(11)17)16(19)18-8-13-10(2)5-6-20-13/h3-7H,8,17H2,1-2H3,(H,18,19). The highest BCUT2D eigenvalue weighted by atomic mass is 32.1. The second kappa shape index (κ2) is 5.50. The molecule has 0 aliphatic heterocycles. The van der Waals surface area contributed by atoms with E-state index in [1.54, 1.807) is 11.3 Å². The van der Waals surface area contributed by atoms with Crippen LogP contribution in [-0.2, 0) is 6.54 Å². The summed E-state index contributed by atoms with van der Waals surface area (Å²) < 4.78 is 1.06. The number of carbonyl (C=O) groups excluding carboxylic acids is 1. The van der Waals surface area contributed by atoms with Crippen molar-refractivity contribution in [2.75, 3.05) is 5.73 Å². The maximum absolute atomic E-state index is 12.4. The summed E-state index contributed by atoms with van der Waals surface area (Å²) >= 11 is 3.11. The lowest BCUT2D eigenvalue weighted by molar-refractivity contribution is 0.0956. The number of aryl methyl sites for hydroxylation is 2. The van der Waals surface area contributed by atoms with Crippen LogP contribution < -0.4 is 11.1 Å². The Morgan fingerprint density at radius 1 is 1.29 bits per heavy atom. The fraction of sp³-hybridized carbons (Fsp3) is 0.188. The van der Waals surface area contributed by atoms with Crippen LogP contribution in [0.25, 0.3) is 10.1 Å². The van der Waals surface area contributed by atoms with Gasteiger partial charge in [0.1, 0.15) is 4.88 Å². The first kappa shape index (κ1) is 14.1. The summed E-state index contributed by atoms with van der Waals surface area (Å²) in [5.74, 6) is -0.0980. The van der Waals surface area contributed by atoms with E-state index in [-0.39, 0.29) is 5.91 Å². The molecule has 0 aliphatic carbocycles. The first-order valence-corrected chi connectivity index (χ1v) is 8.35. The molecule has 0 unspecified atom stereocenters. The SMILES string of the molecule is Cc1ccc2c(N)c(C(=O)NCc3sccc3C)sc2c1. The Balaban J connectivity index is 1.84. The zero-order valence-electron chi connectivity index (χ0n) is 11.9. The first-order valence-electron chi connectivity index (χ1n) is 6.66. The van der Waals surface area contributed by atoms with E-state index in [9.17, 15) is 4.79 Å². The third-order valence-electron chi connectivity index (χ3n) is 3.47. The Morgan fingerprint density at radius 2 is 2.10 bits per heavy atom. The van der Waals surface area contributed by atoms with Gasteiger partial charge in [0.2, 0.25) is 0 Å². The van der Waals surface area contributed by atoms with Gasteiger partial charge in [0.05, 0.1) is 12.2 Å². The minimum absolute atomic E-state index is 0.0980. The lowest BCUT2D eigenvalue weighted by atomic mass is 10.1. The summed E-state index contributed by atoms with van der Waals surface area (Å²) in [6.07, 6.45) is 0. The molecule has 5 heteroatoms. The number of carbonyl (C=O) groups is 1. The predicted octanol–water partition coefficient (Wildman–Crippen LogP) is 4.09. The Labute approximate surface area is 131 Å². The second-order valence-electron chi connectivity index (χ2n) is 5.05. The Morgan fingerprint density at radius 3 is 2.81 bits per heavy atom. The van der Waals surface area contributed by atoms with Crippen LogP contribution in [0, 0.1) is 13.8 Å². The van der Waals surface area contributed by atoms with E-state index in [0.29, 0.717) is 17.1 Å². The van der Waals surface area contributed by atoms with Gasteiger partial charge in [-0.05, 0) is 42.5 Å².